The summed E-state index contributed by atoms with van der Waals surface area (Å²) in [6.07, 6.45) is 3.44. The van der Waals surface area contributed by atoms with E-state index in [1.54, 1.807) is 20.0 Å². The number of nitrogens with one attached hydrogen (secondary N) is 3. The number of aromatic carboxylic acids is 1. The van der Waals surface area contributed by atoms with Gasteiger partial charge in [-0.3, -0.25) is 4.79 Å². The minimum Gasteiger partial charge on any atom is -0.477 e. The van der Waals surface area contributed by atoms with Crippen molar-refractivity contribution in [3.05, 3.63) is 46.9 Å². The molecule has 0 spiro atoms. The van der Waals surface area contributed by atoms with E-state index in [2.05, 4.69) is 36.1 Å². The Morgan fingerprint density at radius 3 is 2.72 bits per heavy atom. The first-order valence-corrected chi connectivity index (χ1v) is 12.3. The standard InChI is InChI=1S/C24H27N7O4S/c1-13-20(23(33)34)36-24(27-13)30-19(32)12-17(5-4-9-25-3)29-22-18-11-16(21-28-14(2)35-31-21)7-6-15(18)8-10-26-22/h6-8,10-11,17,25H,4-5,9,12H2,1-3H3,(H,26,29)(H,33,34)(H,27,30,32). The van der Waals surface area contributed by atoms with E-state index in [1.807, 2.05) is 31.3 Å². The van der Waals surface area contributed by atoms with E-state index in [9.17, 15) is 14.7 Å². The fourth-order valence-corrected chi connectivity index (χ4v) is 4.65. The highest BCUT2D eigenvalue weighted by atomic mass is 32.1. The molecule has 11 nitrogen and oxygen atoms in total. The molecule has 0 aliphatic rings. The minimum absolute atomic E-state index is 0.113. The Labute approximate surface area is 211 Å². The van der Waals surface area contributed by atoms with Crippen LogP contribution in [0.4, 0.5) is 10.9 Å². The molecular weight excluding hydrogens is 482 g/mol. The highest BCUT2D eigenvalue weighted by Gasteiger charge is 2.19. The molecule has 0 saturated heterocycles. The smallest absolute Gasteiger partial charge is 0.347 e. The van der Waals surface area contributed by atoms with Crippen LogP contribution in [0.2, 0.25) is 0 Å². The monoisotopic (exact) mass is 509 g/mol. The summed E-state index contributed by atoms with van der Waals surface area (Å²) in [6.45, 7) is 4.15. The molecule has 1 unspecified atom stereocenters. The molecule has 4 aromatic rings. The number of fused-ring (bicyclic) bond motifs is 1. The quantitative estimate of drug-likeness (QED) is 0.219. The number of benzene rings is 1. The Hall–Kier alpha value is -3.90. The molecule has 36 heavy (non-hydrogen) atoms. The molecule has 0 radical (unpaired) electrons. The molecule has 0 aliphatic carbocycles. The fourth-order valence-electron chi connectivity index (χ4n) is 3.83. The van der Waals surface area contributed by atoms with Crippen molar-refractivity contribution < 1.29 is 19.2 Å². The van der Waals surface area contributed by atoms with Crippen molar-refractivity contribution in [2.24, 2.45) is 0 Å². The number of nitrogens with zero attached hydrogens (tertiary/aromatic N) is 4. The largest absolute Gasteiger partial charge is 0.477 e. The molecule has 0 aliphatic heterocycles. The summed E-state index contributed by atoms with van der Waals surface area (Å²) in [7, 11) is 1.88. The highest BCUT2D eigenvalue weighted by Crippen LogP contribution is 2.28. The topological polar surface area (TPSA) is 155 Å². The lowest BCUT2D eigenvalue weighted by Crippen LogP contribution is -2.28. The maximum absolute atomic E-state index is 12.8. The van der Waals surface area contributed by atoms with Gasteiger partial charge in [0.05, 0.1) is 5.69 Å². The molecule has 0 saturated carbocycles. The van der Waals surface area contributed by atoms with Gasteiger partial charge in [-0.15, -0.1) is 0 Å². The van der Waals surface area contributed by atoms with Gasteiger partial charge in [-0.05, 0) is 50.9 Å². The summed E-state index contributed by atoms with van der Waals surface area (Å²) in [6, 6.07) is 7.55. The van der Waals surface area contributed by atoms with Gasteiger partial charge < -0.3 is 25.6 Å². The highest BCUT2D eigenvalue weighted by molar-refractivity contribution is 7.17. The Morgan fingerprint density at radius 1 is 1.19 bits per heavy atom. The lowest BCUT2D eigenvalue weighted by Gasteiger charge is -2.20. The number of carbonyl (C=O) groups is 2. The molecule has 1 atom stereocenters. The van der Waals surface area contributed by atoms with Crippen LogP contribution in [0.1, 0.15) is 40.5 Å². The summed E-state index contributed by atoms with van der Waals surface area (Å²) in [4.78, 5) is 37.3. The van der Waals surface area contributed by atoms with Crippen LogP contribution in [0.25, 0.3) is 22.2 Å². The summed E-state index contributed by atoms with van der Waals surface area (Å²) < 4.78 is 5.12. The van der Waals surface area contributed by atoms with Crippen molar-refractivity contribution in [1.82, 2.24) is 25.4 Å². The third-order valence-electron chi connectivity index (χ3n) is 5.54. The maximum atomic E-state index is 12.8. The second kappa shape index (κ2) is 11.2. The zero-order valence-corrected chi connectivity index (χ0v) is 21.0. The van der Waals surface area contributed by atoms with Crippen molar-refractivity contribution in [3.8, 4) is 11.4 Å². The van der Waals surface area contributed by atoms with Crippen molar-refractivity contribution >= 4 is 44.9 Å². The van der Waals surface area contributed by atoms with Crippen molar-refractivity contribution in [2.45, 2.75) is 39.2 Å². The Kier molecular flexibility index (Phi) is 7.86. The minimum atomic E-state index is -1.06. The van der Waals surface area contributed by atoms with Crippen molar-refractivity contribution in [1.29, 1.82) is 0 Å². The first-order chi connectivity index (χ1) is 17.3. The zero-order chi connectivity index (χ0) is 25.7. The third kappa shape index (κ3) is 6.01. The third-order valence-corrected chi connectivity index (χ3v) is 6.60. The lowest BCUT2D eigenvalue weighted by molar-refractivity contribution is -0.116. The Bertz CT molecular complexity index is 1380. The van der Waals surface area contributed by atoms with Gasteiger partial charge in [0.2, 0.25) is 17.6 Å². The Balaban J connectivity index is 1.55. The van der Waals surface area contributed by atoms with Crippen LogP contribution in [0.5, 0.6) is 0 Å². The number of rotatable bonds is 11. The molecule has 0 bridgehead atoms. The number of hydrogen-bond acceptors (Lipinski definition) is 10. The molecule has 1 aromatic carbocycles. The van der Waals surface area contributed by atoms with E-state index in [0.717, 1.165) is 40.6 Å². The van der Waals surface area contributed by atoms with Gasteiger partial charge >= 0.3 is 5.97 Å². The number of carboxylic acids is 1. The fraction of sp³-hybridized carbons (Fsp3) is 0.333. The molecule has 4 rings (SSSR count). The van der Waals surface area contributed by atoms with E-state index >= 15 is 0 Å². The number of hydrogen-bond donors (Lipinski definition) is 4. The van der Waals surface area contributed by atoms with Gasteiger partial charge in [-0.1, -0.05) is 28.6 Å². The Morgan fingerprint density at radius 2 is 2.03 bits per heavy atom. The SMILES string of the molecule is CNCCCC(CC(=O)Nc1nc(C)c(C(=O)O)s1)Nc1nccc2ccc(-c3noc(C)n3)cc12. The number of carbonyl (C=O) groups excluding carboxylic acids is 1. The van der Waals surface area contributed by atoms with Crippen LogP contribution in [0.15, 0.2) is 35.0 Å². The number of amides is 1. The molecule has 1 amide bonds. The van der Waals surface area contributed by atoms with Crippen LogP contribution < -0.4 is 16.0 Å². The van der Waals surface area contributed by atoms with Gasteiger partial charge in [0.15, 0.2) is 5.13 Å². The number of pyridine rings is 1. The van der Waals surface area contributed by atoms with Gasteiger partial charge in [0.25, 0.3) is 0 Å². The van der Waals surface area contributed by atoms with Gasteiger partial charge in [0.1, 0.15) is 10.7 Å². The second-order valence-corrected chi connectivity index (χ2v) is 9.31. The van der Waals surface area contributed by atoms with E-state index in [-0.39, 0.29) is 28.4 Å². The number of carboxylic acid groups (broad SMARTS) is 1. The van der Waals surface area contributed by atoms with Gasteiger partial charge in [-0.25, -0.2) is 14.8 Å². The average Bonchev–Trinajstić information content (AvgIpc) is 3.44. The predicted molar refractivity (Wildman–Crippen MR) is 137 cm³/mol. The average molecular weight is 510 g/mol. The molecular formula is C24H27N7O4S. The van der Waals surface area contributed by atoms with E-state index in [4.69, 9.17) is 4.52 Å². The molecule has 3 aromatic heterocycles. The zero-order valence-electron chi connectivity index (χ0n) is 20.2. The normalized spacial score (nSPS) is 12.0. The molecule has 188 valence electrons. The van der Waals surface area contributed by atoms with Crippen LogP contribution in [0, 0.1) is 13.8 Å². The van der Waals surface area contributed by atoms with Crippen LogP contribution in [-0.4, -0.2) is 56.7 Å². The summed E-state index contributed by atoms with van der Waals surface area (Å²) >= 11 is 0.947. The number of aryl methyl sites for hydroxylation is 2. The van der Waals surface area contributed by atoms with Crippen LogP contribution in [-0.2, 0) is 4.79 Å². The van der Waals surface area contributed by atoms with Crippen molar-refractivity contribution in [3.63, 3.8) is 0 Å². The van der Waals surface area contributed by atoms with E-state index in [1.165, 1.54) is 0 Å². The van der Waals surface area contributed by atoms with Gasteiger partial charge in [-0.2, -0.15) is 4.98 Å². The maximum Gasteiger partial charge on any atom is 0.347 e. The molecule has 12 heteroatoms. The van der Waals surface area contributed by atoms with Crippen LogP contribution in [0.3, 0.4) is 0 Å². The number of aromatic nitrogens is 4. The lowest BCUT2D eigenvalue weighted by atomic mass is 10.0. The van der Waals surface area contributed by atoms with E-state index < -0.39 is 5.97 Å². The first-order valence-electron chi connectivity index (χ1n) is 11.4. The van der Waals surface area contributed by atoms with Crippen molar-refractivity contribution in [2.75, 3.05) is 24.2 Å². The first kappa shape index (κ1) is 25.2. The summed E-state index contributed by atoms with van der Waals surface area (Å²) in [5, 5.41) is 24.7. The second-order valence-electron chi connectivity index (χ2n) is 8.31. The summed E-state index contributed by atoms with van der Waals surface area (Å²) in [5.41, 5.74) is 1.17. The molecule has 4 N–H and O–H groups in total. The summed E-state index contributed by atoms with van der Waals surface area (Å²) in [5.74, 6) is 0.306. The van der Waals surface area contributed by atoms with Crippen LogP contribution >= 0.6 is 11.3 Å². The number of anilines is 2. The molecule has 3 heterocycles. The molecule has 0 fully saturated rings. The van der Waals surface area contributed by atoms with E-state index in [0.29, 0.717) is 29.6 Å². The number of thiazole rings is 1. The predicted octanol–water partition coefficient (Wildman–Crippen LogP) is 3.87. The van der Waals surface area contributed by atoms with Gasteiger partial charge in [0, 0.05) is 36.5 Å².